The number of halogens is 1. The lowest BCUT2D eigenvalue weighted by Gasteiger charge is -2.34. The zero-order valence-electron chi connectivity index (χ0n) is 16.8. The van der Waals surface area contributed by atoms with Crippen molar-refractivity contribution in [3.8, 4) is 22.4 Å². The molecule has 0 bridgehead atoms. The van der Waals surface area contributed by atoms with E-state index >= 15 is 0 Å². The number of benzene rings is 1. The molecular formula is C21H23FN6O3. The van der Waals surface area contributed by atoms with Gasteiger partial charge in [-0.15, -0.1) is 0 Å². The second-order valence-electron chi connectivity index (χ2n) is 7.02. The van der Waals surface area contributed by atoms with Gasteiger partial charge >= 0.3 is 6.03 Å². The van der Waals surface area contributed by atoms with Gasteiger partial charge in [-0.25, -0.2) is 18.9 Å². The van der Waals surface area contributed by atoms with Crippen LogP contribution in [0.2, 0.25) is 0 Å². The molecule has 2 amide bonds. The van der Waals surface area contributed by atoms with Gasteiger partial charge < -0.3 is 15.1 Å². The maximum atomic E-state index is 13.5. The minimum absolute atomic E-state index is 0.120. The quantitative estimate of drug-likeness (QED) is 0.555. The molecule has 0 fully saturated rings. The van der Waals surface area contributed by atoms with Gasteiger partial charge in [0.15, 0.2) is 5.82 Å². The van der Waals surface area contributed by atoms with Crippen molar-refractivity contribution in [2.75, 3.05) is 38.3 Å². The Morgan fingerprint density at radius 3 is 2.35 bits per heavy atom. The molecule has 4 rings (SSSR count). The van der Waals surface area contributed by atoms with E-state index in [4.69, 9.17) is 5.10 Å². The van der Waals surface area contributed by atoms with E-state index < -0.39 is 0 Å². The maximum Gasteiger partial charge on any atom is 0.338 e. The Morgan fingerprint density at radius 1 is 1.03 bits per heavy atom. The maximum absolute atomic E-state index is 13.5. The summed E-state index contributed by atoms with van der Waals surface area (Å²) in [7, 11) is 0. The molecule has 1 aliphatic rings. The summed E-state index contributed by atoms with van der Waals surface area (Å²) < 4.78 is 15.2. The predicted octanol–water partition coefficient (Wildman–Crippen LogP) is 1.80. The summed E-state index contributed by atoms with van der Waals surface area (Å²) in [4.78, 5) is 18.4. The second-order valence-corrected chi connectivity index (χ2v) is 7.02. The van der Waals surface area contributed by atoms with Crippen LogP contribution in [0.15, 0.2) is 48.8 Å². The molecule has 0 saturated heterocycles. The molecular weight excluding hydrogens is 403 g/mol. The number of rotatable bonds is 6. The summed E-state index contributed by atoms with van der Waals surface area (Å²) in [6.45, 7) is 0.631. The van der Waals surface area contributed by atoms with Gasteiger partial charge in [-0.2, -0.15) is 5.10 Å². The standard InChI is InChI=1S/C21H23FN6O3/c22-17-3-1-16(2-4-17)19-18(15-5-7-23-8-6-15)20-25-28(10-9-27(20)24-19)21(31)26(11-13-29)12-14-30/h1-8,25,29-30H,9-14H2. The third-order valence-electron chi connectivity index (χ3n) is 5.06. The number of fused-ring (bicyclic) bond motifs is 1. The SMILES string of the molecule is O=C(N(CCO)CCO)N1CCn2nc(-c3ccc(F)cc3)c(-c3ccncc3)c2N1. The number of nitrogens with zero attached hydrogens (tertiary/aromatic N) is 5. The number of hydrogen-bond donors (Lipinski definition) is 3. The lowest BCUT2D eigenvalue weighted by atomic mass is 10.0. The highest BCUT2D eigenvalue weighted by Gasteiger charge is 2.29. The number of urea groups is 1. The number of nitrogens with one attached hydrogen (secondary N) is 1. The normalized spacial score (nSPS) is 12.9. The first-order valence-electron chi connectivity index (χ1n) is 9.94. The molecule has 3 N–H and O–H groups in total. The Labute approximate surface area is 178 Å². The molecule has 3 heterocycles. The van der Waals surface area contributed by atoms with Crippen LogP contribution < -0.4 is 5.43 Å². The summed E-state index contributed by atoms with van der Waals surface area (Å²) in [5.74, 6) is 0.291. The fourth-order valence-corrected chi connectivity index (χ4v) is 3.58. The number of pyridine rings is 1. The number of aromatic nitrogens is 3. The van der Waals surface area contributed by atoms with Crippen LogP contribution in [0, 0.1) is 5.82 Å². The molecule has 1 aromatic carbocycles. The average Bonchev–Trinajstić information content (AvgIpc) is 3.18. The second kappa shape index (κ2) is 9.11. The smallest absolute Gasteiger partial charge is 0.338 e. The van der Waals surface area contributed by atoms with E-state index in [1.165, 1.54) is 22.0 Å². The third kappa shape index (κ3) is 4.21. The van der Waals surface area contributed by atoms with Crippen molar-refractivity contribution in [1.82, 2.24) is 24.7 Å². The molecule has 162 valence electrons. The van der Waals surface area contributed by atoms with Crippen molar-refractivity contribution in [3.63, 3.8) is 0 Å². The van der Waals surface area contributed by atoms with Crippen LogP contribution in [-0.4, -0.2) is 73.8 Å². The highest BCUT2D eigenvalue weighted by atomic mass is 19.1. The molecule has 0 radical (unpaired) electrons. The number of anilines is 1. The van der Waals surface area contributed by atoms with Gasteiger partial charge in [-0.1, -0.05) is 0 Å². The van der Waals surface area contributed by atoms with Crippen molar-refractivity contribution in [2.24, 2.45) is 0 Å². The van der Waals surface area contributed by atoms with Gasteiger partial charge in [0, 0.05) is 31.0 Å². The summed E-state index contributed by atoms with van der Waals surface area (Å²) in [6.07, 6.45) is 3.34. The summed E-state index contributed by atoms with van der Waals surface area (Å²) >= 11 is 0. The molecule has 0 spiro atoms. The van der Waals surface area contributed by atoms with Gasteiger partial charge in [0.05, 0.1) is 31.9 Å². The molecule has 1 aliphatic heterocycles. The molecule has 0 unspecified atom stereocenters. The highest BCUT2D eigenvalue weighted by molar-refractivity contribution is 5.90. The molecule has 31 heavy (non-hydrogen) atoms. The third-order valence-corrected chi connectivity index (χ3v) is 5.06. The Balaban J connectivity index is 1.74. The van der Waals surface area contributed by atoms with Gasteiger partial charge in [0.1, 0.15) is 11.5 Å². The first-order chi connectivity index (χ1) is 15.1. The van der Waals surface area contributed by atoms with E-state index in [0.717, 1.165) is 16.7 Å². The Hall–Kier alpha value is -3.50. The van der Waals surface area contributed by atoms with E-state index in [9.17, 15) is 19.4 Å². The van der Waals surface area contributed by atoms with E-state index in [1.54, 1.807) is 29.2 Å². The van der Waals surface area contributed by atoms with Crippen LogP contribution in [0.1, 0.15) is 0 Å². The molecule has 0 atom stereocenters. The van der Waals surface area contributed by atoms with Crippen molar-refractivity contribution in [2.45, 2.75) is 6.54 Å². The van der Waals surface area contributed by atoms with Crippen molar-refractivity contribution < 1.29 is 19.4 Å². The Bertz CT molecular complexity index is 1040. The van der Waals surface area contributed by atoms with E-state index in [2.05, 4.69) is 10.4 Å². The number of carbonyl (C=O) groups excluding carboxylic acids is 1. The van der Waals surface area contributed by atoms with Crippen LogP contribution >= 0.6 is 0 Å². The van der Waals surface area contributed by atoms with Crippen LogP contribution in [-0.2, 0) is 6.54 Å². The van der Waals surface area contributed by atoms with Gasteiger partial charge in [0.25, 0.3) is 0 Å². The number of amides is 2. The minimum atomic E-state index is -0.348. The van der Waals surface area contributed by atoms with Crippen LogP contribution in [0.3, 0.4) is 0 Å². The molecule has 0 aliphatic carbocycles. The topological polar surface area (TPSA) is 107 Å². The fraction of sp³-hybridized carbons (Fsp3) is 0.286. The van der Waals surface area contributed by atoms with Crippen molar-refractivity contribution in [1.29, 1.82) is 0 Å². The van der Waals surface area contributed by atoms with Crippen LogP contribution in [0.4, 0.5) is 15.0 Å². The lowest BCUT2D eigenvalue weighted by Crippen LogP contribution is -2.51. The minimum Gasteiger partial charge on any atom is -0.395 e. The van der Waals surface area contributed by atoms with Gasteiger partial charge in [-0.3, -0.25) is 10.4 Å². The average molecular weight is 426 g/mol. The predicted molar refractivity (Wildman–Crippen MR) is 112 cm³/mol. The number of hydrazine groups is 1. The summed E-state index contributed by atoms with van der Waals surface area (Å²) in [5.41, 5.74) is 6.17. The molecule has 10 heteroatoms. The first kappa shape index (κ1) is 20.8. The largest absolute Gasteiger partial charge is 0.395 e. The van der Waals surface area contributed by atoms with Gasteiger partial charge in [0.2, 0.25) is 0 Å². The summed E-state index contributed by atoms with van der Waals surface area (Å²) in [6, 6.07) is 9.45. The first-order valence-corrected chi connectivity index (χ1v) is 9.94. The zero-order chi connectivity index (χ0) is 21.8. The Morgan fingerprint density at radius 2 is 1.71 bits per heavy atom. The van der Waals surface area contributed by atoms with Crippen LogP contribution in [0.25, 0.3) is 22.4 Å². The Kier molecular flexibility index (Phi) is 6.10. The molecule has 3 aromatic rings. The molecule has 9 nitrogen and oxygen atoms in total. The number of hydrogen-bond acceptors (Lipinski definition) is 6. The molecule has 0 saturated carbocycles. The monoisotopic (exact) mass is 426 g/mol. The van der Waals surface area contributed by atoms with E-state index in [0.29, 0.717) is 24.6 Å². The van der Waals surface area contributed by atoms with Crippen molar-refractivity contribution >= 4 is 11.8 Å². The van der Waals surface area contributed by atoms with Crippen molar-refractivity contribution in [3.05, 3.63) is 54.6 Å². The summed E-state index contributed by atoms with van der Waals surface area (Å²) in [5, 5.41) is 24.7. The lowest BCUT2D eigenvalue weighted by molar-refractivity contribution is 0.129. The highest BCUT2D eigenvalue weighted by Crippen LogP contribution is 2.39. The van der Waals surface area contributed by atoms with Crippen LogP contribution in [0.5, 0.6) is 0 Å². The molecule has 2 aromatic heterocycles. The number of aliphatic hydroxyl groups is 2. The number of aliphatic hydroxyl groups excluding tert-OH is 2. The zero-order valence-corrected chi connectivity index (χ0v) is 16.8. The number of carbonyl (C=O) groups is 1. The fourth-order valence-electron chi connectivity index (χ4n) is 3.58. The van der Waals surface area contributed by atoms with Gasteiger partial charge in [-0.05, 0) is 42.0 Å². The van der Waals surface area contributed by atoms with E-state index in [1.807, 2.05) is 12.1 Å². The van der Waals surface area contributed by atoms with E-state index in [-0.39, 0.29) is 38.2 Å².